The van der Waals surface area contributed by atoms with Crippen molar-refractivity contribution in [2.45, 2.75) is 24.7 Å². The number of nitrogens with zero attached hydrogens (tertiary/aromatic N) is 1. The average molecular weight is 340 g/mol. The average Bonchev–Trinajstić information content (AvgIpc) is 2.49. The maximum Gasteiger partial charge on any atom is 0.263 e. The minimum Gasteiger partial charge on any atom is -0.384 e. The highest BCUT2D eigenvalue weighted by Crippen LogP contribution is 2.18. The van der Waals surface area contributed by atoms with Gasteiger partial charge in [-0.2, -0.15) is 0 Å². The summed E-state index contributed by atoms with van der Waals surface area (Å²) in [7, 11) is -3.66. The van der Waals surface area contributed by atoms with E-state index in [0.717, 1.165) is 25.1 Å². The first-order valence-corrected chi connectivity index (χ1v) is 8.85. The lowest BCUT2D eigenvalue weighted by Gasteiger charge is -2.09. The van der Waals surface area contributed by atoms with Crippen molar-refractivity contribution in [2.24, 2.45) is 0 Å². The van der Waals surface area contributed by atoms with Crippen LogP contribution in [0.25, 0.3) is 0 Å². The van der Waals surface area contributed by atoms with Crippen molar-refractivity contribution in [1.82, 2.24) is 4.98 Å². The van der Waals surface area contributed by atoms with Crippen LogP contribution in [0.2, 0.25) is 5.02 Å². The molecule has 2 N–H and O–H groups in total. The minimum atomic E-state index is -3.66. The molecule has 0 aliphatic heterocycles. The van der Waals surface area contributed by atoms with Crippen LogP contribution in [-0.2, 0) is 10.0 Å². The second kappa shape index (κ2) is 7.47. The Morgan fingerprint density at radius 2 is 1.86 bits per heavy atom. The monoisotopic (exact) mass is 339 g/mol. The van der Waals surface area contributed by atoms with Crippen LogP contribution in [0.1, 0.15) is 19.8 Å². The molecule has 0 amide bonds. The van der Waals surface area contributed by atoms with E-state index in [9.17, 15) is 8.42 Å². The molecule has 1 aromatic heterocycles. The summed E-state index contributed by atoms with van der Waals surface area (Å²) in [4.78, 5) is 4.25. The van der Waals surface area contributed by atoms with Crippen LogP contribution in [0.5, 0.6) is 0 Å². The fourth-order valence-corrected chi connectivity index (χ4v) is 2.91. The van der Waals surface area contributed by atoms with Gasteiger partial charge >= 0.3 is 0 Å². The van der Waals surface area contributed by atoms with E-state index in [4.69, 9.17) is 11.6 Å². The van der Waals surface area contributed by atoms with Gasteiger partial charge in [-0.1, -0.05) is 24.9 Å². The predicted molar refractivity (Wildman–Crippen MR) is 89.9 cm³/mol. The molecule has 0 radical (unpaired) electrons. The number of aromatic nitrogens is 1. The Kier molecular flexibility index (Phi) is 5.63. The summed E-state index contributed by atoms with van der Waals surface area (Å²) in [6.45, 7) is 2.99. The van der Waals surface area contributed by atoms with Gasteiger partial charge in [0.1, 0.15) is 5.82 Å². The summed E-state index contributed by atoms with van der Waals surface area (Å²) in [6, 6.07) is 9.38. The van der Waals surface area contributed by atoms with Crippen LogP contribution < -0.4 is 10.0 Å². The Bertz CT molecular complexity index is 701. The number of pyridine rings is 1. The number of rotatable bonds is 7. The van der Waals surface area contributed by atoms with Crippen LogP contribution in [0, 0.1) is 0 Å². The van der Waals surface area contributed by atoms with Crippen molar-refractivity contribution >= 4 is 33.1 Å². The number of halogens is 1. The first-order chi connectivity index (χ1) is 10.5. The van der Waals surface area contributed by atoms with Crippen molar-refractivity contribution in [3.63, 3.8) is 0 Å². The third-order valence-corrected chi connectivity index (χ3v) is 4.61. The molecule has 7 heteroatoms. The lowest BCUT2D eigenvalue weighted by Crippen LogP contribution is -2.13. The minimum absolute atomic E-state index is 0.142. The molecule has 0 spiro atoms. The fraction of sp³-hybridized carbons (Fsp3) is 0.267. The Morgan fingerprint density at radius 1 is 1.14 bits per heavy atom. The number of unbranched alkanes of at least 4 members (excludes halogenated alkanes) is 1. The van der Waals surface area contributed by atoms with E-state index in [1.807, 2.05) is 0 Å². The van der Waals surface area contributed by atoms with E-state index in [1.54, 1.807) is 18.3 Å². The van der Waals surface area contributed by atoms with Gasteiger partial charge in [-0.3, -0.25) is 4.72 Å². The summed E-state index contributed by atoms with van der Waals surface area (Å²) in [5.74, 6) is 0.274. The SMILES string of the molecule is CCCCNc1ccc(NS(=O)(=O)c2ccc(Cl)cc2)nc1. The van der Waals surface area contributed by atoms with Gasteiger partial charge in [0.05, 0.1) is 16.8 Å². The molecule has 0 unspecified atom stereocenters. The van der Waals surface area contributed by atoms with Crippen LogP contribution in [-0.4, -0.2) is 19.9 Å². The number of sulfonamides is 1. The van der Waals surface area contributed by atoms with Crippen LogP contribution in [0.3, 0.4) is 0 Å². The van der Waals surface area contributed by atoms with Crippen molar-refractivity contribution in [3.05, 3.63) is 47.6 Å². The smallest absolute Gasteiger partial charge is 0.263 e. The van der Waals surface area contributed by atoms with Crippen LogP contribution >= 0.6 is 11.6 Å². The number of nitrogens with one attached hydrogen (secondary N) is 2. The van der Waals surface area contributed by atoms with Gasteiger partial charge in [0, 0.05) is 11.6 Å². The number of hydrogen-bond donors (Lipinski definition) is 2. The van der Waals surface area contributed by atoms with Gasteiger partial charge < -0.3 is 5.32 Å². The highest BCUT2D eigenvalue weighted by Gasteiger charge is 2.14. The first-order valence-electron chi connectivity index (χ1n) is 6.99. The fourth-order valence-electron chi connectivity index (χ4n) is 1.78. The van der Waals surface area contributed by atoms with Crippen molar-refractivity contribution in [3.8, 4) is 0 Å². The van der Waals surface area contributed by atoms with E-state index in [0.29, 0.717) is 5.02 Å². The zero-order valence-electron chi connectivity index (χ0n) is 12.2. The van der Waals surface area contributed by atoms with E-state index in [-0.39, 0.29) is 10.7 Å². The molecule has 2 rings (SSSR count). The third kappa shape index (κ3) is 4.61. The molecule has 0 saturated carbocycles. The van der Waals surface area contributed by atoms with Crippen molar-refractivity contribution in [1.29, 1.82) is 0 Å². The number of anilines is 2. The predicted octanol–water partition coefficient (Wildman–Crippen LogP) is 3.75. The molecule has 0 bridgehead atoms. The van der Waals surface area contributed by atoms with Gasteiger partial charge in [-0.15, -0.1) is 0 Å². The largest absolute Gasteiger partial charge is 0.384 e. The molecule has 0 saturated heterocycles. The van der Waals surface area contributed by atoms with Gasteiger partial charge in [0.15, 0.2) is 0 Å². The zero-order chi connectivity index (χ0) is 16.0. The van der Waals surface area contributed by atoms with E-state index in [1.165, 1.54) is 24.3 Å². The molecule has 2 aromatic rings. The third-order valence-electron chi connectivity index (χ3n) is 2.99. The molecule has 0 fully saturated rings. The summed E-state index contributed by atoms with van der Waals surface area (Å²) < 4.78 is 26.8. The molecule has 0 aliphatic carbocycles. The molecule has 5 nitrogen and oxygen atoms in total. The highest BCUT2D eigenvalue weighted by atomic mass is 35.5. The lowest BCUT2D eigenvalue weighted by molar-refractivity contribution is 0.601. The molecule has 0 atom stereocenters. The quantitative estimate of drug-likeness (QED) is 0.754. The van der Waals surface area contributed by atoms with Crippen LogP contribution in [0.15, 0.2) is 47.5 Å². The van der Waals surface area contributed by atoms with E-state index in [2.05, 4.69) is 21.9 Å². The molecular weight excluding hydrogens is 322 g/mol. The van der Waals surface area contributed by atoms with E-state index >= 15 is 0 Å². The second-order valence-electron chi connectivity index (χ2n) is 4.77. The van der Waals surface area contributed by atoms with Gasteiger partial charge in [0.2, 0.25) is 0 Å². The topological polar surface area (TPSA) is 71.1 Å². The van der Waals surface area contributed by atoms with Crippen LogP contribution in [0.4, 0.5) is 11.5 Å². The molecule has 1 aromatic carbocycles. The molecular formula is C15H18ClN3O2S. The molecule has 0 aliphatic rings. The van der Waals surface area contributed by atoms with Crippen molar-refractivity contribution in [2.75, 3.05) is 16.6 Å². The van der Waals surface area contributed by atoms with Gasteiger partial charge in [0.25, 0.3) is 10.0 Å². The normalized spacial score (nSPS) is 11.2. The van der Waals surface area contributed by atoms with Gasteiger partial charge in [-0.25, -0.2) is 13.4 Å². The number of hydrogen-bond acceptors (Lipinski definition) is 4. The standard InChI is InChI=1S/C15H18ClN3O2S/c1-2-3-10-17-13-6-9-15(18-11-13)19-22(20,21)14-7-4-12(16)5-8-14/h4-9,11,17H,2-3,10H2,1H3,(H,18,19). The molecule has 1 heterocycles. The van der Waals surface area contributed by atoms with Gasteiger partial charge in [-0.05, 0) is 42.8 Å². The number of benzene rings is 1. The van der Waals surface area contributed by atoms with Crippen molar-refractivity contribution < 1.29 is 8.42 Å². The zero-order valence-corrected chi connectivity index (χ0v) is 13.8. The maximum atomic E-state index is 12.2. The second-order valence-corrected chi connectivity index (χ2v) is 6.89. The summed E-state index contributed by atoms with van der Waals surface area (Å²) in [5.41, 5.74) is 0.864. The molecule has 22 heavy (non-hydrogen) atoms. The highest BCUT2D eigenvalue weighted by molar-refractivity contribution is 7.92. The summed E-state index contributed by atoms with van der Waals surface area (Å²) in [5, 5.41) is 3.70. The Morgan fingerprint density at radius 3 is 2.45 bits per heavy atom. The lowest BCUT2D eigenvalue weighted by atomic mass is 10.3. The Hall–Kier alpha value is -1.79. The Labute approximate surface area is 135 Å². The first kappa shape index (κ1) is 16.6. The Balaban J connectivity index is 2.05. The van der Waals surface area contributed by atoms with E-state index < -0.39 is 10.0 Å². The maximum absolute atomic E-state index is 12.2. The summed E-state index contributed by atoms with van der Waals surface area (Å²) in [6.07, 6.45) is 3.79. The summed E-state index contributed by atoms with van der Waals surface area (Å²) >= 11 is 5.76. The molecule has 118 valence electrons.